The lowest BCUT2D eigenvalue weighted by Gasteiger charge is -2.29. The highest BCUT2D eigenvalue weighted by Crippen LogP contribution is 2.34. The predicted molar refractivity (Wildman–Crippen MR) is 83.8 cm³/mol. The Balaban J connectivity index is 2.06. The first-order valence-electron chi connectivity index (χ1n) is 7.46. The first-order valence-corrected chi connectivity index (χ1v) is 8.26. The van der Waals surface area contributed by atoms with Crippen molar-refractivity contribution in [2.24, 2.45) is 5.92 Å². The van der Waals surface area contributed by atoms with E-state index in [-0.39, 0.29) is 17.6 Å². The Hall–Kier alpha value is -1.08. The number of hydrogen-bond acceptors (Lipinski definition) is 2. The molecule has 0 saturated heterocycles. The fraction of sp³-hybridized carbons (Fsp3) is 0.562. The number of benzene rings is 1. The highest BCUT2D eigenvalue weighted by molar-refractivity contribution is 9.10. The summed E-state index contributed by atoms with van der Waals surface area (Å²) in [6.45, 7) is 0. The molecule has 1 saturated carbocycles. The Labute approximate surface area is 141 Å². The Bertz CT molecular complexity index is 525. The lowest BCUT2D eigenvalue weighted by atomic mass is 9.86. The van der Waals surface area contributed by atoms with Gasteiger partial charge in [0, 0.05) is 17.5 Å². The van der Waals surface area contributed by atoms with Crippen molar-refractivity contribution < 1.29 is 22.7 Å². The van der Waals surface area contributed by atoms with Gasteiger partial charge in [-0.25, -0.2) is 0 Å². The quantitative estimate of drug-likeness (QED) is 0.824. The van der Waals surface area contributed by atoms with E-state index in [9.17, 15) is 18.0 Å². The van der Waals surface area contributed by atoms with Crippen molar-refractivity contribution in [3.63, 3.8) is 0 Å². The normalized spacial score (nSPS) is 23.3. The molecule has 1 aromatic rings. The topological polar surface area (TPSA) is 38.3 Å². The van der Waals surface area contributed by atoms with E-state index in [0.717, 1.165) is 0 Å². The molecule has 0 radical (unpaired) electrons. The van der Waals surface area contributed by atoms with Gasteiger partial charge in [0.15, 0.2) is 6.04 Å². The zero-order valence-electron chi connectivity index (χ0n) is 12.7. The van der Waals surface area contributed by atoms with E-state index in [4.69, 9.17) is 4.74 Å². The molecule has 3 nitrogen and oxygen atoms in total. The number of ether oxygens (including phenoxy) is 1. The highest BCUT2D eigenvalue weighted by Gasteiger charge is 2.42. The largest absolute Gasteiger partial charge is 0.412 e. The summed E-state index contributed by atoms with van der Waals surface area (Å²) >= 11 is 3.19. The average Bonchev–Trinajstić information content (AvgIpc) is 2.52. The maximum absolute atomic E-state index is 13.3. The van der Waals surface area contributed by atoms with Gasteiger partial charge < -0.3 is 10.1 Å². The van der Waals surface area contributed by atoms with Crippen LogP contribution in [0.3, 0.4) is 0 Å². The number of amides is 1. The molecule has 1 fully saturated rings. The van der Waals surface area contributed by atoms with Crippen LogP contribution in [0.4, 0.5) is 13.2 Å². The molecule has 0 heterocycles. The SMILES string of the molecule is COC1CCC(C(=O)N[C@@H](c2ccc(Br)cc2)C(F)(F)F)CC1. The van der Waals surface area contributed by atoms with Gasteiger partial charge in [-0.2, -0.15) is 13.2 Å². The summed E-state index contributed by atoms with van der Waals surface area (Å²) in [6.07, 6.45) is -1.94. The van der Waals surface area contributed by atoms with E-state index >= 15 is 0 Å². The lowest BCUT2D eigenvalue weighted by Crippen LogP contribution is -2.42. The molecule has 1 aromatic carbocycles. The molecule has 0 aliphatic heterocycles. The second-order valence-electron chi connectivity index (χ2n) is 5.74. The summed E-state index contributed by atoms with van der Waals surface area (Å²) in [5.74, 6) is -0.925. The van der Waals surface area contributed by atoms with Crippen LogP contribution >= 0.6 is 15.9 Å². The summed E-state index contributed by atoms with van der Waals surface area (Å²) in [7, 11) is 1.61. The van der Waals surface area contributed by atoms with Crippen LogP contribution in [-0.4, -0.2) is 25.3 Å². The zero-order valence-corrected chi connectivity index (χ0v) is 14.3. The highest BCUT2D eigenvalue weighted by atomic mass is 79.9. The second kappa shape index (κ2) is 7.66. The van der Waals surface area contributed by atoms with Crippen LogP contribution in [0.2, 0.25) is 0 Å². The molecular weight excluding hydrogens is 375 g/mol. The number of alkyl halides is 3. The maximum atomic E-state index is 13.3. The smallest absolute Gasteiger partial charge is 0.381 e. The third kappa shape index (κ3) is 4.94. The minimum Gasteiger partial charge on any atom is -0.381 e. The van der Waals surface area contributed by atoms with Crippen molar-refractivity contribution in [2.45, 2.75) is 44.0 Å². The van der Waals surface area contributed by atoms with Crippen LogP contribution in [0.5, 0.6) is 0 Å². The molecule has 2 rings (SSSR count). The number of nitrogens with one attached hydrogen (secondary N) is 1. The number of hydrogen-bond donors (Lipinski definition) is 1. The average molecular weight is 394 g/mol. The third-order valence-electron chi connectivity index (χ3n) is 4.20. The molecule has 0 bridgehead atoms. The molecule has 0 unspecified atom stereocenters. The molecule has 1 N–H and O–H groups in total. The Morgan fingerprint density at radius 3 is 2.26 bits per heavy atom. The van der Waals surface area contributed by atoms with Crippen LogP contribution in [-0.2, 0) is 9.53 Å². The van der Waals surface area contributed by atoms with Crippen molar-refractivity contribution in [1.29, 1.82) is 0 Å². The van der Waals surface area contributed by atoms with Crippen LogP contribution in [0.15, 0.2) is 28.7 Å². The number of carbonyl (C=O) groups is 1. The predicted octanol–water partition coefficient (Wildman–Crippen LogP) is 4.37. The fourth-order valence-corrected chi connectivity index (χ4v) is 3.09. The summed E-state index contributed by atoms with van der Waals surface area (Å²) in [4.78, 5) is 12.2. The monoisotopic (exact) mass is 393 g/mol. The second-order valence-corrected chi connectivity index (χ2v) is 6.66. The Morgan fingerprint density at radius 2 is 1.78 bits per heavy atom. The van der Waals surface area contributed by atoms with Crippen LogP contribution in [0, 0.1) is 5.92 Å². The van der Waals surface area contributed by atoms with Crippen molar-refractivity contribution in [2.75, 3.05) is 7.11 Å². The summed E-state index contributed by atoms with van der Waals surface area (Å²) < 4.78 is 45.8. The molecule has 23 heavy (non-hydrogen) atoms. The molecule has 1 aliphatic carbocycles. The Morgan fingerprint density at radius 1 is 1.22 bits per heavy atom. The van der Waals surface area contributed by atoms with E-state index in [1.54, 1.807) is 7.11 Å². The minimum absolute atomic E-state index is 0.0274. The van der Waals surface area contributed by atoms with E-state index in [1.807, 2.05) is 0 Å². The number of carbonyl (C=O) groups excluding carboxylic acids is 1. The van der Waals surface area contributed by atoms with Crippen LogP contribution in [0.1, 0.15) is 37.3 Å². The maximum Gasteiger partial charge on any atom is 0.412 e. The van der Waals surface area contributed by atoms with Crippen LogP contribution in [0.25, 0.3) is 0 Å². The van der Waals surface area contributed by atoms with E-state index in [1.165, 1.54) is 24.3 Å². The molecule has 0 spiro atoms. The van der Waals surface area contributed by atoms with Gasteiger partial charge in [-0.05, 0) is 43.4 Å². The molecule has 7 heteroatoms. The van der Waals surface area contributed by atoms with E-state index in [0.29, 0.717) is 30.2 Å². The first-order chi connectivity index (χ1) is 10.8. The molecule has 0 aromatic heterocycles. The van der Waals surface area contributed by atoms with Gasteiger partial charge in [0.25, 0.3) is 0 Å². The molecular formula is C16H19BrF3NO2. The van der Waals surface area contributed by atoms with Crippen LogP contribution < -0.4 is 5.32 Å². The first kappa shape index (κ1) is 18.3. The van der Waals surface area contributed by atoms with Gasteiger partial charge >= 0.3 is 6.18 Å². The number of methoxy groups -OCH3 is 1. The van der Waals surface area contributed by atoms with Crippen molar-refractivity contribution in [1.82, 2.24) is 5.32 Å². The molecule has 1 amide bonds. The minimum atomic E-state index is -4.53. The van der Waals surface area contributed by atoms with Crippen molar-refractivity contribution >= 4 is 21.8 Å². The molecule has 128 valence electrons. The number of halogens is 4. The van der Waals surface area contributed by atoms with Gasteiger partial charge in [-0.1, -0.05) is 28.1 Å². The summed E-state index contributed by atoms with van der Waals surface area (Å²) in [5, 5.41) is 2.18. The van der Waals surface area contributed by atoms with Crippen molar-refractivity contribution in [3.05, 3.63) is 34.3 Å². The zero-order chi connectivity index (χ0) is 17.0. The molecule has 1 aliphatic rings. The molecule has 1 atom stereocenters. The van der Waals surface area contributed by atoms with Gasteiger partial charge in [-0.15, -0.1) is 0 Å². The number of rotatable bonds is 4. The summed E-state index contributed by atoms with van der Waals surface area (Å²) in [5.41, 5.74) is 0.0274. The fourth-order valence-electron chi connectivity index (χ4n) is 2.83. The van der Waals surface area contributed by atoms with E-state index in [2.05, 4.69) is 21.2 Å². The van der Waals surface area contributed by atoms with E-state index < -0.39 is 18.1 Å². The Kier molecular flexibility index (Phi) is 6.08. The standard InChI is InChI=1S/C16H19BrF3NO2/c1-23-13-8-4-11(5-9-13)15(22)21-14(16(18,19)20)10-2-6-12(17)7-3-10/h2-3,6-7,11,13-14H,4-5,8-9H2,1H3,(H,21,22)/t11?,13?,14-/m0/s1. The van der Waals surface area contributed by atoms with Gasteiger partial charge in [0.2, 0.25) is 5.91 Å². The lowest BCUT2D eigenvalue weighted by molar-refractivity contribution is -0.165. The van der Waals surface area contributed by atoms with Gasteiger partial charge in [0.05, 0.1) is 6.10 Å². The third-order valence-corrected chi connectivity index (χ3v) is 4.72. The van der Waals surface area contributed by atoms with Crippen molar-refractivity contribution in [3.8, 4) is 0 Å². The van der Waals surface area contributed by atoms with Gasteiger partial charge in [0.1, 0.15) is 0 Å². The van der Waals surface area contributed by atoms with Gasteiger partial charge in [-0.3, -0.25) is 4.79 Å². The summed E-state index contributed by atoms with van der Waals surface area (Å²) in [6, 6.07) is 3.81.